The molecule has 1 nitrogen and oxygen atoms in total. The molecule has 0 aliphatic heterocycles. The second-order valence-corrected chi connectivity index (χ2v) is 8.20. The van der Waals surface area contributed by atoms with Crippen molar-refractivity contribution < 1.29 is 0 Å². The molecule has 0 aromatic heterocycles. The molecule has 1 unspecified atom stereocenters. The van der Waals surface area contributed by atoms with Crippen LogP contribution in [0.4, 0.5) is 5.69 Å². The molecule has 0 saturated carbocycles. The molecule has 0 spiro atoms. The van der Waals surface area contributed by atoms with Crippen molar-refractivity contribution in [3.05, 3.63) is 54.6 Å². The minimum absolute atomic E-state index is 0.802. The van der Waals surface area contributed by atoms with Crippen molar-refractivity contribution >= 4 is 38.0 Å². The summed E-state index contributed by atoms with van der Waals surface area (Å²) in [5.41, 5.74) is 6.71. The summed E-state index contributed by atoms with van der Waals surface area (Å²) < 4.78 is 2.32. The molecular formula is C12H11AsClN. The van der Waals surface area contributed by atoms with Gasteiger partial charge >= 0.3 is 98.4 Å². The summed E-state index contributed by atoms with van der Waals surface area (Å²) in [6.07, 6.45) is 0. The van der Waals surface area contributed by atoms with E-state index in [1.165, 1.54) is 4.35 Å². The van der Waals surface area contributed by atoms with Crippen LogP contribution in [0.25, 0.3) is 0 Å². The number of nitrogen functional groups attached to an aromatic ring is 1. The molecule has 2 aromatic rings. The van der Waals surface area contributed by atoms with Gasteiger partial charge in [-0.05, 0) is 0 Å². The second kappa shape index (κ2) is 4.74. The molecule has 0 amide bonds. The Morgan fingerprint density at radius 1 is 0.867 bits per heavy atom. The standard InChI is InChI=1S/C12H11AsClN/c14-13(10-6-2-1-3-7-10)11-8-4-5-9-12(11)15/h1-9H,15H2. The zero-order valence-corrected chi connectivity index (χ0v) is 10.7. The van der Waals surface area contributed by atoms with Gasteiger partial charge in [0.25, 0.3) is 0 Å². The van der Waals surface area contributed by atoms with Crippen LogP contribution in [0.15, 0.2) is 54.6 Å². The Morgan fingerprint density at radius 2 is 1.47 bits per heavy atom. The molecule has 0 aliphatic rings. The molecule has 2 rings (SSSR count). The number of rotatable bonds is 2. The number of halogens is 1. The van der Waals surface area contributed by atoms with Gasteiger partial charge in [-0.2, -0.15) is 0 Å². The van der Waals surface area contributed by atoms with Gasteiger partial charge in [-0.15, -0.1) is 0 Å². The van der Waals surface area contributed by atoms with Crippen LogP contribution in [0, 0.1) is 0 Å². The van der Waals surface area contributed by atoms with E-state index in [2.05, 4.69) is 12.1 Å². The van der Waals surface area contributed by atoms with E-state index in [-0.39, 0.29) is 0 Å². The van der Waals surface area contributed by atoms with Gasteiger partial charge in [0.05, 0.1) is 0 Å². The summed E-state index contributed by atoms with van der Waals surface area (Å²) in [6.45, 7) is 0. The van der Waals surface area contributed by atoms with Crippen molar-refractivity contribution in [3.63, 3.8) is 0 Å². The Bertz CT molecular complexity index is 444. The topological polar surface area (TPSA) is 26.0 Å². The normalized spacial score (nSPS) is 12.3. The zero-order chi connectivity index (χ0) is 10.7. The Labute approximate surface area is 98.3 Å². The maximum atomic E-state index is 6.50. The molecule has 1 atom stereocenters. The van der Waals surface area contributed by atoms with E-state index < -0.39 is 13.7 Å². The Morgan fingerprint density at radius 3 is 2.13 bits per heavy atom. The summed E-state index contributed by atoms with van der Waals surface area (Å²) in [5, 5.41) is 0. The Kier molecular flexibility index (Phi) is 3.35. The number of hydrogen-bond donors (Lipinski definition) is 1. The molecule has 0 aliphatic carbocycles. The molecule has 0 radical (unpaired) electrons. The van der Waals surface area contributed by atoms with Crippen molar-refractivity contribution in [2.45, 2.75) is 0 Å². The summed E-state index contributed by atoms with van der Waals surface area (Å²) >= 11 is -1.68. The molecular weight excluding hydrogens is 269 g/mol. The number of anilines is 1. The first-order chi connectivity index (χ1) is 7.29. The molecule has 3 heteroatoms. The third kappa shape index (κ3) is 2.36. The van der Waals surface area contributed by atoms with Crippen LogP contribution in [-0.2, 0) is 0 Å². The van der Waals surface area contributed by atoms with Gasteiger partial charge in [0, 0.05) is 0 Å². The van der Waals surface area contributed by atoms with Gasteiger partial charge in [0.15, 0.2) is 0 Å². The molecule has 2 N–H and O–H groups in total. The van der Waals surface area contributed by atoms with Crippen LogP contribution in [0.3, 0.4) is 0 Å². The van der Waals surface area contributed by atoms with Gasteiger partial charge in [-0.1, -0.05) is 0 Å². The molecule has 0 bridgehead atoms. The van der Waals surface area contributed by atoms with Gasteiger partial charge < -0.3 is 0 Å². The summed E-state index contributed by atoms with van der Waals surface area (Å²) in [5.74, 6) is 0. The van der Waals surface area contributed by atoms with Crippen molar-refractivity contribution in [2.75, 3.05) is 5.73 Å². The fourth-order valence-corrected chi connectivity index (χ4v) is 5.33. The average molecular weight is 280 g/mol. The maximum absolute atomic E-state index is 6.50. The van der Waals surface area contributed by atoms with Crippen molar-refractivity contribution in [3.8, 4) is 0 Å². The second-order valence-electron chi connectivity index (χ2n) is 3.18. The van der Waals surface area contributed by atoms with Crippen molar-refractivity contribution in [1.29, 1.82) is 0 Å². The summed E-state index contributed by atoms with van der Waals surface area (Å²) in [7, 11) is 6.50. The predicted molar refractivity (Wildman–Crippen MR) is 68.2 cm³/mol. The minimum atomic E-state index is -1.68. The first-order valence-electron chi connectivity index (χ1n) is 4.64. The van der Waals surface area contributed by atoms with E-state index in [9.17, 15) is 0 Å². The third-order valence-electron chi connectivity index (χ3n) is 2.13. The fraction of sp³-hybridized carbons (Fsp3) is 0. The number of benzene rings is 2. The molecule has 0 heterocycles. The quantitative estimate of drug-likeness (QED) is 0.656. The average Bonchev–Trinajstić information content (AvgIpc) is 2.30. The van der Waals surface area contributed by atoms with Crippen LogP contribution in [0.2, 0.25) is 0 Å². The van der Waals surface area contributed by atoms with E-state index in [1.54, 1.807) is 0 Å². The molecule has 0 fully saturated rings. The van der Waals surface area contributed by atoms with E-state index in [4.69, 9.17) is 15.7 Å². The van der Waals surface area contributed by atoms with Gasteiger partial charge in [-0.3, -0.25) is 0 Å². The van der Waals surface area contributed by atoms with E-state index in [0.717, 1.165) is 10.0 Å². The number of hydrogen-bond acceptors (Lipinski definition) is 1. The van der Waals surface area contributed by atoms with Crippen LogP contribution >= 0.6 is 9.95 Å². The van der Waals surface area contributed by atoms with Crippen LogP contribution in [0.1, 0.15) is 0 Å². The first-order valence-corrected chi connectivity index (χ1v) is 8.99. The van der Waals surface area contributed by atoms with Crippen molar-refractivity contribution in [2.24, 2.45) is 0 Å². The Hall–Kier alpha value is -0.912. The third-order valence-corrected chi connectivity index (χ3v) is 7.41. The number of nitrogens with two attached hydrogens (primary N) is 1. The predicted octanol–water partition coefficient (Wildman–Crippen LogP) is 1.61. The van der Waals surface area contributed by atoms with Gasteiger partial charge in [-0.25, -0.2) is 0 Å². The van der Waals surface area contributed by atoms with Gasteiger partial charge in [0.2, 0.25) is 0 Å². The van der Waals surface area contributed by atoms with E-state index >= 15 is 0 Å². The molecule has 0 saturated heterocycles. The summed E-state index contributed by atoms with van der Waals surface area (Å²) in [4.78, 5) is 0. The first kappa shape index (κ1) is 10.6. The monoisotopic (exact) mass is 279 g/mol. The van der Waals surface area contributed by atoms with E-state index in [1.807, 2.05) is 42.5 Å². The van der Waals surface area contributed by atoms with Gasteiger partial charge in [0.1, 0.15) is 0 Å². The SMILES string of the molecule is Nc1ccccc1[As](Cl)c1ccccc1. The van der Waals surface area contributed by atoms with Crippen LogP contribution < -0.4 is 14.4 Å². The van der Waals surface area contributed by atoms with Crippen LogP contribution in [-0.4, -0.2) is 13.7 Å². The number of para-hydroxylation sites is 1. The molecule has 2 aromatic carbocycles. The zero-order valence-electron chi connectivity index (χ0n) is 8.10. The molecule has 15 heavy (non-hydrogen) atoms. The van der Waals surface area contributed by atoms with Crippen molar-refractivity contribution in [1.82, 2.24) is 0 Å². The molecule has 76 valence electrons. The van der Waals surface area contributed by atoms with E-state index in [0.29, 0.717) is 0 Å². The van der Waals surface area contributed by atoms with Crippen LogP contribution in [0.5, 0.6) is 0 Å². The summed E-state index contributed by atoms with van der Waals surface area (Å²) in [6, 6.07) is 18.0. The Balaban J connectivity index is 2.37. The fourth-order valence-electron chi connectivity index (χ4n) is 1.36.